The van der Waals surface area contributed by atoms with E-state index in [2.05, 4.69) is 5.32 Å². The predicted octanol–water partition coefficient (Wildman–Crippen LogP) is -0.681. The van der Waals surface area contributed by atoms with Gasteiger partial charge in [-0.05, 0) is 37.3 Å². The average Bonchev–Trinajstić information content (AvgIpc) is 2.42. The molecule has 2 rings (SSSR count). The molecule has 0 aliphatic carbocycles. The molecule has 0 atom stereocenters. The van der Waals surface area contributed by atoms with E-state index in [9.17, 15) is 13.0 Å². The number of rotatable bonds is 5. The van der Waals surface area contributed by atoms with E-state index in [4.69, 9.17) is 10.5 Å². The Labute approximate surface area is 151 Å². The van der Waals surface area contributed by atoms with Crippen LogP contribution < -0.4 is 45.3 Å². The van der Waals surface area contributed by atoms with Crippen molar-refractivity contribution < 1.29 is 47.3 Å². The fourth-order valence-electron chi connectivity index (χ4n) is 1.85. The van der Waals surface area contributed by atoms with E-state index in [-0.39, 0.29) is 40.9 Å². The molecule has 0 aliphatic heterocycles. The second kappa shape index (κ2) is 7.85. The molecule has 0 unspecified atom stereocenters. The first-order valence-electron chi connectivity index (χ1n) is 6.26. The van der Waals surface area contributed by atoms with E-state index in [1.165, 1.54) is 12.1 Å². The van der Waals surface area contributed by atoms with Crippen molar-refractivity contribution in [3.8, 4) is 5.75 Å². The van der Waals surface area contributed by atoms with Crippen LogP contribution in [0.25, 0.3) is 0 Å². The van der Waals surface area contributed by atoms with E-state index in [0.717, 1.165) is 6.07 Å². The van der Waals surface area contributed by atoms with Crippen LogP contribution in [0.2, 0.25) is 0 Å². The smallest absolute Gasteiger partial charge is 0.744 e. The van der Waals surface area contributed by atoms with Gasteiger partial charge >= 0.3 is 29.6 Å². The summed E-state index contributed by atoms with van der Waals surface area (Å²) in [6.45, 7) is 2.31. The van der Waals surface area contributed by atoms with E-state index in [1.807, 2.05) is 6.92 Å². The van der Waals surface area contributed by atoms with Crippen molar-refractivity contribution in [2.24, 2.45) is 0 Å². The van der Waals surface area contributed by atoms with Crippen LogP contribution >= 0.6 is 0 Å². The fourth-order valence-corrected chi connectivity index (χ4v) is 2.51. The molecule has 6 nitrogen and oxygen atoms in total. The molecule has 22 heavy (non-hydrogen) atoms. The normalized spacial score (nSPS) is 10.6. The van der Waals surface area contributed by atoms with Gasteiger partial charge in [-0.15, -0.1) is 0 Å². The molecular formula is C14H15N2NaO4S. The number of benzene rings is 2. The molecule has 0 bridgehead atoms. The van der Waals surface area contributed by atoms with Crippen molar-refractivity contribution in [1.29, 1.82) is 0 Å². The third kappa shape index (κ3) is 4.62. The molecule has 0 amide bonds. The summed E-state index contributed by atoms with van der Waals surface area (Å²) >= 11 is 0. The fraction of sp³-hybridized carbons (Fsp3) is 0.143. The molecule has 8 heteroatoms. The van der Waals surface area contributed by atoms with E-state index < -0.39 is 15.0 Å². The maximum atomic E-state index is 11.3. The van der Waals surface area contributed by atoms with Crippen LogP contribution in [-0.2, 0) is 10.1 Å². The summed E-state index contributed by atoms with van der Waals surface area (Å²) in [5, 5.41) is 2.90. The third-order valence-electron chi connectivity index (χ3n) is 2.73. The molecule has 112 valence electrons. The molecule has 0 saturated carbocycles. The Morgan fingerprint density at radius 2 is 1.86 bits per heavy atom. The molecule has 0 heterocycles. The topological polar surface area (TPSA) is 104 Å². The van der Waals surface area contributed by atoms with Crippen molar-refractivity contribution in [1.82, 2.24) is 0 Å². The molecule has 0 aliphatic rings. The summed E-state index contributed by atoms with van der Waals surface area (Å²) in [6.07, 6.45) is 0. The largest absolute Gasteiger partial charge is 1.00 e. The van der Waals surface area contributed by atoms with Gasteiger partial charge in [-0.25, -0.2) is 8.42 Å². The van der Waals surface area contributed by atoms with Crippen molar-refractivity contribution in [2.45, 2.75) is 11.8 Å². The van der Waals surface area contributed by atoms with Gasteiger partial charge < -0.3 is 20.3 Å². The van der Waals surface area contributed by atoms with Crippen molar-refractivity contribution in [2.75, 3.05) is 17.7 Å². The van der Waals surface area contributed by atoms with Crippen molar-refractivity contribution in [3.63, 3.8) is 0 Å². The number of nitrogens with two attached hydrogens (primary N) is 1. The molecule has 2 aromatic carbocycles. The third-order valence-corrected chi connectivity index (χ3v) is 3.61. The number of hydrogen-bond donors (Lipinski definition) is 2. The van der Waals surface area contributed by atoms with Crippen LogP contribution in [0.1, 0.15) is 6.92 Å². The summed E-state index contributed by atoms with van der Waals surface area (Å²) in [5.41, 5.74) is 6.46. The number of ether oxygens (including phenoxy) is 1. The summed E-state index contributed by atoms with van der Waals surface area (Å²) < 4.78 is 39.4. The van der Waals surface area contributed by atoms with Gasteiger partial charge in [-0.3, -0.25) is 0 Å². The van der Waals surface area contributed by atoms with Crippen LogP contribution in [0.4, 0.5) is 17.1 Å². The molecule has 0 fully saturated rings. The van der Waals surface area contributed by atoms with Crippen LogP contribution in [-0.4, -0.2) is 19.6 Å². The number of hydrogen-bond acceptors (Lipinski definition) is 6. The number of nitrogens with one attached hydrogen (secondary N) is 1. The van der Waals surface area contributed by atoms with Crippen LogP contribution in [0.5, 0.6) is 5.75 Å². The van der Waals surface area contributed by atoms with E-state index in [1.54, 1.807) is 24.3 Å². The summed E-state index contributed by atoms with van der Waals surface area (Å²) in [7, 11) is -4.63. The minimum Gasteiger partial charge on any atom is -0.744 e. The van der Waals surface area contributed by atoms with Crippen LogP contribution in [0, 0.1) is 0 Å². The van der Waals surface area contributed by atoms with Gasteiger partial charge in [0.1, 0.15) is 15.9 Å². The first kappa shape index (κ1) is 18.8. The zero-order valence-corrected chi connectivity index (χ0v) is 15.2. The van der Waals surface area contributed by atoms with Gasteiger partial charge in [-0.2, -0.15) is 0 Å². The Balaban J connectivity index is 0.00000242. The second-order valence-corrected chi connectivity index (χ2v) is 5.61. The molecule has 2 aromatic rings. The first-order chi connectivity index (χ1) is 9.91. The number of nitrogen functional groups attached to an aromatic ring is 1. The summed E-state index contributed by atoms with van der Waals surface area (Å²) in [6, 6.07) is 11.1. The molecular weight excluding hydrogens is 315 g/mol. The monoisotopic (exact) mass is 330 g/mol. The quantitative estimate of drug-likeness (QED) is 0.428. The predicted molar refractivity (Wildman–Crippen MR) is 79.7 cm³/mol. The maximum Gasteiger partial charge on any atom is 1.00 e. The first-order valence-corrected chi connectivity index (χ1v) is 7.67. The van der Waals surface area contributed by atoms with Gasteiger partial charge in [0.2, 0.25) is 0 Å². The van der Waals surface area contributed by atoms with Gasteiger partial charge in [0, 0.05) is 5.69 Å². The minimum absolute atomic E-state index is 0. The SMILES string of the molecule is CCOc1ccccc1Nc1ccc(N)cc1S(=O)(=O)[O-].[Na+]. The average molecular weight is 330 g/mol. The van der Waals surface area contributed by atoms with Gasteiger partial charge in [-0.1, -0.05) is 12.1 Å². The number of para-hydroxylation sites is 2. The Morgan fingerprint density at radius 1 is 1.18 bits per heavy atom. The maximum absolute atomic E-state index is 11.3. The van der Waals surface area contributed by atoms with Crippen LogP contribution in [0.3, 0.4) is 0 Å². The number of anilines is 3. The summed E-state index contributed by atoms with van der Waals surface area (Å²) in [5.74, 6) is 0.561. The Hall–Kier alpha value is -1.25. The van der Waals surface area contributed by atoms with Crippen molar-refractivity contribution in [3.05, 3.63) is 42.5 Å². The van der Waals surface area contributed by atoms with Gasteiger partial charge in [0.15, 0.2) is 0 Å². The van der Waals surface area contributed by atoms with Crippen LogP contribution in [0.15, 0.2) is 47.4 Å². The molecule has 0 radical (unpaired) electrons. The molecule has 0 aromatic heterocycles. The Morgan fingerprint density at radius 3 is 2.50 bits per heavy atom. The van der Waals surface area contributed by atoms with Gasteiger partial charge in [0.05, 0.1) is 22.9 Å². The second-order valence-electron chi connectivity index (χ2n) is 4.26. The molecule has 3 N–H and O–H groups in total. The van der Waals surface area contributed by atoms with Gasteiger partial charge in [0.25, 0.3) is 0 Å². The molecule has 0 spiro atoms. The minimum atomic E-state index is -4.63. The Kier molecular flexibility index (Phi) is 6.70. The van der Waals surface area contributed by atoms with E-state index in [0.29, 0.717) is 18.0 Å². The molecule has 0 saturated heterocycles. The zero-order chi connectivity index (χ0) is 15.5. The summed E-state index contributed by atoms with van der Waals surface area (Å²) in [4.78, 5) is -0.395. The van der Waals surface area contributed by atoms with E-state index >= 15 is 0 Å². The standard InChI is InChI=1S/C14H16N2O4S.Na/c1-2-20-13-6-4-3-5-11(13)16-12-8-7-10(15)9-14(12)21(17,18)19;/h3-9,16H,2,15H2,1H3,(H,17,18,19);/q;+1/p-1. The Bertz CT molecular complexity index is 750. The zero-order valence-electron chi connectivity index (χ0n) is 12.4. The van der Waals surface area contributed by atoms with Crippen molar-refractivity contribution >= 4 is 27.2 Å².